The highest BCUT2D eigenvalue weighted by Crippen LogP contribution is 2.12. The Bertz CT molecular complexity index is 324. The van der Waals surface area contributed by atoms with Crippen LogP contribution in [0.4, 0.5) is 0 Å². The third-order valence-electron chi connectivity index (χ3n) is 1.28. The normalized spacial score (nSPS) is 9.00. The molecular weight excluding hydrogens is 172 g/mol. The molecule has 0 atom stereocenters. The fourth-order valence-corrected chi connectivity index (χ4v) is 1.57. The van der Waals surface area contributed by atoms with Crippen LogP contribution in [-0.4, -0.2) is 12.5 Å². The number of carbonyl (C=O) groups excluding carboxylic acids is 1. The smallest absolute Gasteiger partial charge is 0.262 e. The predicted molar refractivity (Wildman–Crippen MR) is 47.0 cm³/mol. The van der Waals surface area contributed by atoms with Crippen LogP contribution in [0.3, 0.4) is 0 Å². The van der Waals surface area contributed by atoms with Gasteiger partial charge in [-0.2, -0.15) is 5.26 Å². The summed E-state index contributed by atoms with van der Waals surface area (Å²) >= 11 is 1.39. The molecule has 0 radical (unpaired) electrons. The number of carbonyl (C=O) groups is 1. The summed E-state index contributed by atoms with van der Waals surface area (Å²) in [6.07, 6.45) is 0. The SMILES string of the molecule is Cc1csc(C(=O)NCC#N)c1. The highest BCUT2D eigenvalue weighted by Gasteiger charge is 2.05. The Balaban J connectivity index is 2.61. The summed E-state index contributed by atoms with van der Waals surface area (Å²) in [6.45, 7) is 1.99. The molecule has 0 fully saturated rings. The van der Waals surface area contributed by atoms with Crippen molar-refractivity contribution < 1.29 is 4.79 Å². The summed E-state index contributed by atoms with van der Waals surface area (Å²) in [4.78, 5) is 11.8. The summed E-state index contributed by atoms with van der Waals surface area (Å²) in [5, 5.41) is 12.6. The van der Waals surface area contributed by atoms with E-state index in [1.807, 2.05) is 18.4 Å². The molecule has 3 nitrogen and oxygen atoms in total. The van der Waals surface area contributed by atoms with Crippen molar-refractivity contribution in [1.29, 1.82) is 5.26 Å². The van der Waals surface area contributed by atoms with Gasteiger partial charge in [-0.05, 0) is 23.9 Å². The molecule has 0 aliphatic carbocycles. The summed E-state index contributed by atoms with van der Waals surface area (Å²) in [6, 6.07) is 3.65. The van der Waals surface area contributed by atoms with E-state index < -0.39 is 0 Å². The van der Waals surface area contributed by atoms with Gasteiger partial charge in [-0.3, -0.25) is 4.79 Å². The number of aryl methyl sites for hydroxylation is 1. The minimum Gasteiger partial charge on any atom is -0.338 e. The first-order valence-corrected chi connectivity index (χ1v) is 4.32. The minimum atomic E-state index is -0.172. The minimum absolute atomic E-state index is 0.0653. The Morgan fingerprint density at radius 3 is 3.08 bits per heavy atom. The summed E-state index contributed by atoms with van der Waals surface area (Å²) in [7, 11) is 0. The van der Waals surface area contributed by atoms with Crippen LogP contribution >= 0.6 is 11.3 Å². The Morgan fingerprint density at radius 1 is 1.83 bits per heavy atom. The van der Waals surface area contributed by atoms with Crippen LogP contribution in [0, 0.1) is 18.3 Å². The molecule has 1 aromatic rings. The van der Waals surface area contributed by atoms with Crippen LogP contribution in [-0.2, 0) is 0 Å². The lowest BCUT2D eigenvalue weighted by atomic mass is 10.3. The zero-order chi connectivity index (χ0) is 8.97. The van der Waals surface area contributed by atoms with Crippen molar-refractivity contribution in [2.45, 2.75) is 6.92 Å². The molecule has 1 heterocycles. The number of nitriles is 1. The molecule has 1 rings (SSSR count). The van der Waals surface area contributed by atoms with E-state index in [1.165, 1.54) is 11.3 Å². The Morgan fingerprint density at radius 2 is 2.58 bits per heavy atom. The number of nitrogens with one attached hydrogen (secondary N) is 1. The van der Waals surface area contributed by atoms with Crippen molar-refractivity contribution >= 4 is 17.2 Å². The predicted octanol–water partition coefficient (Wildman–Crippen LogP) is 1.31. The Labute approximate surface area is 74.6 Å². The summed E-state index contributed by atoms with van der Waals surface area (Å²) in [5.74, 6) is -0.172. The van der Waals surface area contributed by atoms with Crippen molar-refractivity contribution in [2.24, 2.45) is 0 Å². The van der Waals surface area contributed by atoms with E-state index in [2.05, 4.69) is 5.32 Å². The van der Waals surface area contributed by atoms with Crippen LogP contribution in [0.1, 0.15) is 15.2 Å². The van der Waals surface area contributed by atoms with E-state index in [0.717, 1.165) is 5.56 Å². The molecule has 0 spiro atoms. The Hall–Kier alpha value is -1.34. The van der Waals surface area contributed by atoms with Gasteiger partial charge >= 0.3 is 0 Å². The lowest BCUT2D eigenvalue weighted by Crippen LogP contribution is -2.22. The van der Waals surface area contributed by atoms with Gasteiger partial charge in [-0.25, -0.2) is 0 Å². The molecule has 12 heavy (non-hydrogen) atoms. The van der Waals surface area contributed by atoms with Crippen molar-refractivity contribution in [1.82, 2.24) is 5.32 Å². The molecule has 4 heteroatoms. The highest BCUT2D eigenvalue weighted by molar-refractivity contribution is 7.12. The summed E-state index contributed by atoms with van der Waals surface area (Å²) < 4.78 is 0. The van der Waals surface area contributed by atoms with Gasteiger partial charge in [0.25, 0.3) is 5.91 Å². The van der Waals surface area contributed by atoms with Crippen molar-refractivity contribution in [2.75, 3.05) is 6.54 Å². The van der Waals surface area contributed by atoms with Gasteiger partial charge in [0.1, 0.15) is 6.54 Å². The largest absolute Gasteiger partial charge is 0.338 e. The van der Waals surface area contributed by atoms with E-state index in [1.54, 1.807) is 6.07 Å². The second kappa shape index (κ2) is 3.88. The van der Waals surface area contributed by atoms with Crippen LogP contribution < -0.4 is 5.32 Å². The quantitative estimate of drug-likeness (QED) is 0.697. The van der Waals surface area contributed by atoms with Gasteiger partial charge in [0.05, 0.1) is 10.9 Å². The van der Waals surface area contributed by atoms with Gasteiger partial charge in [-0.15, -0.1) is 11.3 Å². The molecule has 0 bridgehead atoms. The van der Waals surface area contributed by atoms with Crippen molar-refractivity contribution in [3.05, 3.63) is 21.9 Å². The standard InChI is InChI=1S/C8H8N2OS/c1-6-4-7(12-5-6)8(11)10-3-2-9/h4-5H,3H2,1H3,(H,10,11). The third kappa shape index (κ3) is 2.07. The monoisotopic (exact) mass is 180 g/mol. The average molecular weight is 180 g/mol. The lowest BCUT2D eigenvalue weighted by molar-refractivity contribution is 0.0962. The maximum atomic E-state index is 11.2. The van der Waals surface area contributed by atoms with E-state index >= 15 is 0 Å². The molecular formula is C8H8N2OS. The number of amides is 1. The van der Waals surface area contributed by atoms with Gasteiger partial charge in [-0.1, -0.05) is 0 Å². The fraction of sp³-hybridized carbons (Fsp3) is 0.250. The van der Waals surface area contributed by atoms with E-state index in [4.69, 9.17) is 5.26 Å². The number of rotatable bonds is 2. The first-order chi connectivity index (χ1) is 5.74. The molecule has 0 aliphatic heterocycles. The zero-order valence-corrected chi connectivity index (χ0v) is 7.44. The van der Waals surface area contributed by atoms with Crippen LogP contribution in [0.15, 0.2) is 11.4 Å². The third-order valence-corrected chi connectivity index (χ3v) is 2.33. The first kappa shape index (κ1) is 8.75. The number of thiophene rings is 1. The van der Waals surface area contributed by atoms with Crippen LogP contribution in [0.5, 0.6) is 0 Å². The van der Waals surface area contributed by atoms with E-state index in [9.17, 15) is 4.79 Å². The summed E-state index contributed by atoms with van der Waals surface area (Å²) in [5.41, 5.74) is 1.07. The van der Waals surface area contributed by atoms with Gasteiger partial charge in [0.15, 0.2) is 0 Å². The van der Waals surface area contributed by atoms with Gasteiger partial charge in [0, 0.05) is 0 Å². The number of hydrogen-bond acceptors (Lipinski definition) is 3. The van der Waals surface area contributed by atoms with E-state index in [-0.39, 0.29) is 12.5 Å². The molecule has 62 valence electrons. The molecule has 0 aliphatic rings. The molecule has 0 unspecified atom stereocenters. The number of nitrogens with zero attached hydrogens (tertiary/aromatic N) is 1. The highest BCUT2D eigenvalue weighted by atomic mass is 32.1. The second-order valence-electron chi connectivity index (χ2n) is 2.33. The van der Waals surface area contributed by atoms with Gasteiger partial charge < -0.3 is 5.32 Å². The van der Waals surface area contributed by atoms with Crippen molar-refractivity contribution in [3.8, 4) is 6.07 Å². The van der Waals surface area contributed by atoms with Crippen LogP contribution in [0.25, 0.3) is 0 Å². The number of hydrogen-bond donors (Lipinski definition) is 1. The average Bonchev–Trinajstić information content (AvgIpc) is 2.47. The van der Waals surface area contributed by atoms with Crippen molar-refractivity contribution in [3.63, 3.8) is 0 Å². The zero-order valence-electron chi connectivity index (χ0n) is 6.63. The second-order valence-corrected chi connectivity index (χ2v) is 3.24. The van der Waals surface area contributed by atoms with Gasteiger partial charge in [0.2, 0.25) is 0 Å². The molecule has 0 saturated heterocycles. The maximum absolute atomic E-state index is 11.2. The Kier molecular flexibility index (Phi) is 2.83. The van der Waals surface area contributed by atoms with E-state index in [0.29, 0.717) is 4.88 Å². The molecule has 1 N–H and O–H groups in total. The fourth-order valence-electron chi connectivity index (χ4n) is 0.757. The first-order valence-electron chi connectivity index (χ1n) is 3.44. The molecule has 1 aromatic heterocycles. The lowest BCUT2D eigenvalue weighted by Gasteiger charge is -1.94. The maximum Gasteiger partial charge on any atom is 0.262 e. The topological polar surface area (TPSA) is 52.9 Å². The molecule has 0 saturated carbocycles. The van der Waals surface area contributed by atoms with Crippen LogP contribution in [0.2, 0.25) is 0 Å². The molecule has 0 aromatic carbocycles. The molecule has 1 amide bonds.